The third kappa shape index (κ3) is 3.59. The molecule has 2 aromatic rings. The third-order valence-electron chi connectivity index (χ3n) is 4.45. The van der Waals surface area contributed by atoms with E-state index in [0.717, 1.165) is 44.7 Å². The van der Waals surface area contributed by atoms with Crippen molar-refractivity contribution in [2.75, 3.05) is 25.4 Å². The Morgan fingerprint density at radius 1 is 1.50 bits per heavy atom. The molecule has 24 heavy (non-hydrogen) atoms. The number of nitrogens with one attached hydrogen (secondary N) is 1. The maximum atomic E-state index is 6.04. The Morgan fingerprint density at radius 2 is 2.33 bits per heavy atom. The van der Waals surface area contributed by atoms with Crippen LogP contribution in [0.3, 0.4) is 0 Å². The number of anilines is 1. The fraction of sp³-hybridized carbons (Fsp3) is 0.688. The van der Waals surface area contributed by atoms with Gasteiger partial charge in [-0.25, -0.2) is 9.50 Å². The SMILES string of the molecule is CCCC(C)Oc1nc(N)c2ncc(CN3CCNC[C@@H]3C)n2n1. The van der Waals surface area contributed by atoms with Crippen molar-refractivity contribution < 1.29 is 4.74 Å². The van der Waals surface area contributed by atoms with E-state index in [1.807, 2.05) is 13.1 Å². The Hall–Kier alpha value is -1.93. The fourth-order valence-corrected chi connectivity index (χ4v) is 3.06. The number of hydrogen-bond donors (Lipinski definition) is 2. The average Bonchev–Trinajstić information content (AvgIpc) is 2.93. The standard InChI is InChI=1S/C16H27N7O/c1-4-5-12(3)24-16-20-14(17)15-19-9-13(23(15)21-16)10-22-7-6-18-8-11(22)2/h9,11-12,18H,4-8,10H2,1-3H3,(H2,17,20,21)/t11-,12?/m0/s1. The monoisotopic (exact) mass is 333 g/mol. The summed E-state index contributed by atoms with van der Waals surface area (Å²) in [6, 6.07) is 0.789. The van der Waals surface area contributed by atoms with E-state index in [-0.39, 0.29) is 6.10 Å². The van der Waals surface area contributed by atoms with Crippen molar-refractivity contribution >= 4 is 11.5 Å². The molecule has 2 aromatic heterocycles. The van der Waals surface area contributed by atoms with Gasteiger partial charge in [-0.2, -0.15) is 4.98 Å². The van der Waals surface area contributed by atoms with Crippen molar-refractivity contribution in [1.29, 1.82) is 0 Å². The van der Waals surface area contributed by atoms with E-state index in [1.54, 1.807) is 4.52 Å². The molecule has 0 spiro atoms. The Kier molecular flexibility index (Phi) is 5.15. The molecule has 1 unspecified atom stereocenters. The van der Waals surface area contributed by atoms with Gasteiger partial charge in [-0.1, -0.05) is 13.3 Å². The zero-order valence-electron chi connectivity index (χ0n) is 14.7. The summed E-state index contributed by atoms with van der Waals surface area (Å²) in [5.41, 5.74) is 7.63. The van der Waals surface area contributed by atoms with Crippen LogP contribution in [-0.4, -0.2) is 56.3 Å². The first-order valence-electron chi connectivity index (χ1n) is 8.70. The van der Waals surface area contributed by atoms with Gasteiger partial charge in [0.15, 0.2) is 11.5 Å². The first-order valence-corrected chi connectivity index (χ1v) is 8.70. The van der Waals surface area contributed by atoms with E-state index < -0.39 is 0 Å². The summed E-state index contributed by atoms with van der Waals surface area (Å²) in [4.78, 5) is 11.0. The van der Waals surface area contributed by atoms with Crippen molar-refractivity contribution in [1.82, 2.24) is 29.8 Å². The minimum atomic E-state index is 0.0620. The highest BCUT2D eigenvalue weighted by Crippen LogP contribution is 2.18. The molecule has 0 aromatic carbocycles. The Morgan fingerprint density at radius 3 is 3.08 bits per heavy atom. The molecule has 3 heterocycles. The van der Waals surface area contributed by atoms with Crippen LogP contribution in [-0.2, 0) is 6.54 Å². The van der Waals surface area contributed by atoms with E-state index in [0.29, 0.717) is 23.5 Å². The van der Waals surface area contributed by atoms with Crippen LogP contribution in [0.5, 0.6) is 6.01 Å². The summed E-state index contributed by atoms with van der Waals surface area (Å²) in [7, 11) is 0. The Balaban J connectivity index is 1.84. The zero-order valence-corrected chi connectivity index (χ0v) is 14.7. The zero-order chi connectivity index (χ0) is 17.1. The molecule has 1 fully saturated rings. The topological polar surface area (TPSA) is 93.6 Å². The molecule has 0 aliphatic carbocycles. The first-order chi connectivity index (χ1) is 11.6. The molecule has 132 valence electrons. The van der Waals surface area contributed by atoms with Gasteiger partial charge in [0, 0.05) is 32.2 Å². The Bertz CT molecular complexity index is 686. The summed E-state index contributed by atoms with van der Waals surface area (Å²) in [5.74, 6) is 0.350. The number of ether oxygens (including phenoxy) is 1. The number of imidazole rings is 1. The third-order valence-corrected chi connectivity index (χ3v) is 4.45. The van der Waals surface area contributed by atoms with E-state index in [1.165, 1.54) is 0 Å². The molecule has 1 aliphatic heterocycles. The average molecular weight is 333 g/mol. The van der Waals surface area contributed by atoms with Gasteiger partial charge in [-0.15, -0.1) is 5.10 Å². The number of fused-ring (bicyclic) bond motifs is 1. The van der Waals surface area contributed by atoms with Crippen molar-refractivity contribution in [2.45, 2.75) is 52.3 Å². The van der Waals surface area contributed by atoms with E-state index in [2.05, 4.69) is 39.1 Å². The van der Waals surface area contributed by atoms with Crippen molar-refractivity contribution in [3.05, 3.63) is 11.9 Å². The highest BCUT2D eigenvalue weighted by Gasteiger charge is 2.21. The summed E-state index contributed by atoms with van der Waals surface area (Å²) >= 11 is 0. The lowest BCUT2D eigenvalue weighted by molar-refractivity contribution is 0.162. The van der Waals surface area contributed by atoms with Crippen LogP contribution >= 0.6 is 0 Å². The first kappa shape index (κ1) is 16.9. The van der Waals surface area contributed by atoms with Gasteiger partial charge in [-0.05, 0) is 20.3 Å². The van der Waals surface area contributed by atoms with Gasteiger partial charge in [0.1, 0.15) is 0 Å². The lowest BCUT2D eigenvalue weighted by Gasteiger charge is -2.33. The molecule has 0 saturated carbocycles. The lowest BCUT2D eigenvalue weighted by Crippen LogP contribution is -2.49. The molecule has 0 bridgehead atoms. The summed E-state index contributed by atoms with van der Waals surface area (Å²) in [6.45, 7) is 10.2. The van der Waals surface area contributed by atoms with Crippen LogP contribution in [0.2, 0.25) is 0 Å². The maximum absolute atomic E-state index is 6.04. The molecule has 8 heteroatoms. The quantitative estimate of drug-likeness (QED) is 0.816. The van der Waals surface area contributed by atoms with Crippen molar-refractivity contribution in [3.63, 3.8) is 0 Å². The summed E-state index contributed by atoms with van der Waals surface area (Å²) in [5, 5.41) is 7.91. The van der Waals surface area contributed by atoms with Crippen molar-refractivity contribution in [2.24, 2.45) is 0 Å². The molecule has 2 atom stereocenters. The van der Waals surface area contributed by atoms with Crippen LogP contribution in [0.1, 0.15) is 39.3 Å². The fourth-order valence-electron chi connectivity index (χ4n) is 3.06. The predicted molar refractivity (Wildman–Crippen MR) is 92.9 cm³/mol. The molecule has 1 saturated heterocycles. The number of nitrogen functional groups attached to an aromatic ring is 1. The van der Waals surface area contributed by atoms with E-state index in [4.69, 9.17) is 10.5 Å². The van der Waals surface area contributed by atoms with Gasteiger partial charge < -0.3 is 15.8 Å². The van der Waals surface area contributed by atoms with Crippen LogP contribution in [0.25, 0.3) is 5.65 Å². The summed E-state index contributed by atoms with van der Waals surface area (Å²) < 4.78 is 7.57. The molecular formula is C16H27N7O. The second-order valence-electron chi connectivity index (χ2n) is 6.51. The van der Waals surface area contributed by atoms with Gasteiger partial charge in [-0.3, -0.25) is 4.90 Å². The minimum absolute atomic E-state index is 0.0620. The molecular weight excluding hydrogens is 306 g/mol. The second kappa shape index (κ2) is 7.31. The highest BCUT2D eigenvalue weighted by atomic mass is 16.5. The molecule has 3 rings (SSSR count). The molecule has 1 aliphatic rings. The highest BCUT2D eigenvalue weighted by molar-refractivity contribution is 5.59. The number of aromatic nitrogens is 4. The summed E-state index contributed by atoms with van der Waals surface area (Å²) in [6.07, 6.45) is 3.90. The molecule has 0 amide bonds. The minimum Gasteiger partial charge on any atom is -0.459 e. The van der Waals surface area contributed by atoms with Crippen LogP contribution < -0.4 is 15.8 Å². The number of rotatable bonds is 6. The normalized spacial score (nSPS) is 20.4. The second-order valence-corrected chi connectivity index (χ2v) is 6.51. The van der Waals surface area contributed by atoms with Crippen LogP contribution in [0, 0.1) is 0 Å². The number of nitrogens with zero attached hydrogens (tertiary/aromatic N) is 5. The molecule has 3 N–H and O–H groups in total. The van der Waals surface area contributed by atoms with Crippen LogP contribution in [0.4, 0.5) is 5.82 Å². The van der Waals surface area contributed by atoms with E-state index >= 15 is 0 Å². The van der Waals surface area contributed by atoms with E-state index in [9.17, 15) is 0 Å². The van der Waals surface area contributed by atoms with Crippen molar-refractivity contribution in [3.8, 4) is 6.01 Å². The largest absolute Gasteiger partial charge is 0.459 e. The molecule has 8 nitrogen and oxygen atoms in total. The van der Waals surface area contributed by atoms with Gasteiger partial charge in [0.2, 0.25) is 0 Å². The number of hydrogen-bond acceptors (Lipinski definition) is 7. The number of nitrogens with two attached hydrogens (primary N) is 1. The Labute approximate surface area is 142 Å². The maximum Gasteiger partial charge on any atom is 0.336 e. The van der Waals surface area contributed by atoms with Gasteiger partial charge in [0.25, 0.3) is 0 Å². The van der Waals surface area contributed by atoms with Gasteiger partial charge in [0.05, 0.1) is 18.0 Å². The lowest BCUT2D eigenvalue weighted by atomic mass is 10.2. The smallest absolute Gasteiger partial charge is 0.336 e. The molecule has 0 radical (unpaired) electrons. The predicted octanol–water partition coefficient (Wildman–Crippen LogP) is 1.07. The van der Waals surface area contributed by atoms with Gasteiger partial charge >= 0.3 is 6.01 Å². The van der Waals surface area contributed by atoms with Crippen LogP contribution in [0.15, 0.2) is 6.20 Å². The number of piperazine rings is 1.